The van der Waals surface area contributed by atoms with Gasteiger partial charge in [0.1, 0.15) is 12.4 Å². The monoisotopic (exact) mass is 360 g/mol. The Morgan fingerprint density at radius 1 is 1.00 bits per heavy atom. The zero-order chi connectivity index (χ0) is 18.2. The summed E-state index contributed by atoms with van der Waals surface area (Å²) in [5.41, 5.74) is 7.62. The number of piperidine rings is 1. The highest BCUT2D eigenvalue weighted by Gasteiger charge is 2.37. The van der Waals surface area contributed by atoms with Crippen molar-refractivity contribution in [2.75, 3.05) is 25.4 Å². The molecule has 2 aromatic carbocycles. The van der Waals surface area contributed by atoms with Crippen LogP contribution in [0.3, 0.4) is 0 Å². The molecule has 2 fully saturated rings. The van der Waals surface area contributed by atoms with Gasteiger partial charge in [-0.15, -0.1) is 0 Å². The van der Waals surface area contributed by atoms with E-state index in [1.807, 2.05) is 0 Å². The van der Waals surface area contributed by atoms with Gasteiger partial charge in [-0.05, 0) is 59.7 Å². The number of hydrogen-bond donors (Lipinski definition) is 1. The fraction of sp³-hybridized carbons (Fsp3) is 0.364. The summed E-state index contributed by atoms with van der Waals surface area (Å²) in [6.07, 6.45) is 7.72. The SMILES string of the molecule is Nc1ncc(-c2ccc3cc(OCCN4C[C@H]5CC[C@@H]4C5)ccc3c2)cn1. The summed E-state index contributed by atoms with van der Waals surface area (Å²) in [4.78, 5) is 10.8. The number of aromatic nitrogens is 2. The van der Waals surface area contributed by atoms with Gasteiger partial charge in [-0.2, -0.15) is 0 Å². The lowest BCUT2D eigenvalue weighted by Crippen LogP contribution is -2.35. The van der Waals surface area contributed by atoms with Crippen LogP contribution >= 0.6 is 0 Å². The first-order valence-corrected chi connectivity index (χ1v) is 9.73. The predicted octanol–water partition coefficient (Wildman–Crippen LogP) is 3.74. The molecule has 0 radical (unpaired) electrons. The van der Waals surface area contributed by atoms with Crippen molar-refractivity contribution in [2.24, 2.45) is 5.92 Å². The minimum Gasteiger partial charge on any atom is -0.492 e. The largest absolute Gasteiger partial charge is 0.492 e. The van der Waals surface area contributed by atoms with E-state index in [0.717, 1.165) is 42.0 Å². The Labute approximate surface area is 159 Å². The van der Waals surface area contributed by atoms with E-state index in [4.69, 9.17) is 10.5 Å². The molecular formula is C22H24N4O. The zero-order valence-corrected chi connectivity index (χ0v) is 15.3. The average molecular weight is 360 g/mol. The maximum Gasteiger partial charge on any atom is 0.219 e. The van der Waals surface area contributed by atoms with E-state index in [1.165, 1.54) is 36.6 Å². The van der Waals surface area contributed by atoms with Crippen LogP contribution in [0.1, 0.15) is 19.3 Å². The molecule has 2 atom stereocenters. The van der Waals surface area contributed by atoms with Crippen molar-refractivity contribution in [3.8, 4) is 16.9 Å². The van der Waals surface area contributed by atoms with Gasteiger partial charge in [-0.3, -0.25) is 4.90 Å². The molecule has 3 aromatic rings. The van der Waals surface area contributed by atoms with E-state index in [-0.39, 0.29) is 0 Å². The molecule has 2 aliphatic rings. The van der Waals surface area contributed by atoms with Crippen LogP contribution in [0.25, 0.3) is 21.9 Å². The minimum atomic E-state index is 0.295. The molecule has 1 aliphatic heterocycles. The molecule has 138 valence electrons. The highest BCUT2D eigenvalue weighted by Crippen LogP contribution is 2.37. The Morgan fingerprint density at radius 2 is 1.81 bits per heavy atom. The second-order valence-corrected chi connectivity index (χ2v) is 7.73. The standard InChI is InChI=1S/C22H24N4O/c23-22-24-12-19(13-25-22)17-2-3-18-11-21(6-4-16(18)10-17)27-8-7-26-14-15-1-5-20(26)9-15/h2-4,6,10-13,15,20H,1,5,7-9,14H2,(H2,23,24,25)/t15-,20+/m0/s1. The van der Waals surface area contributed by atoms with E-state index < -0.39 is 0 Å². The fourth-order valence-corrected chi connectivity index (χ4v) is 4.56. The molecule has 1 aromatic heterocycles. The van der Waals surface area contributed by atoms with Crippen molar-refractivity contribution in [3.63, 3.8) is 0 Å². The van der Waals surface area contributed by atoms with Crippen molar-refractivity contribution in [3.05, 3.63) is 48.8 Å². The topological polar surface area (TPSA) is 64.3 Å². The Balaban J connectivity index is 1.26. The first kappa shape index (κ1) is 16.5. The lowest BCUT2D eigenvalue weighted by Gasteiger charge is -2.26. The molecule has 0 spiro atoms. The molecule has 2 heterocycles. The van der Waals surface area contributed by atoms with E-state index in [9.17, 15) is 0 Å². The van der Waals surface area contributed by atoms with Crippen molar-refractivity contribution in [1.82, 2.24) is 14.9 Å². The molecule has 0 amide bonds. The van der Waals surface area contributed by atoms with Crippen molar-refractivity contribution < 1.29 is 4.74 Å². The van der Waals surface area contributed by atoms with Gasteiger partial charge in [-0.25, -0.2) is 9.97 Å². The number of nitrogens with zero attached hydrogens (tertiary/aromatic N) is 3. The predicted molar refractivity (Wildman–Crippen MR) is 108 cm³/mol. The summed E-state index contributed by atoms with van der Waals surface area (Å²) in [5.74, 6) is 2.18. The number of rotatable bonds is 5. The summed E-state index contributed by atoms with van der Waals surface area (Å²) in [7, 11) is 0. The summed E-state index contributed by atoms with van der Waals surface area (Å²) in [5, 5.41) is 2.35. The van der Waals surface area contributed by atoms with Gasteiger partial charge in [0.2, 0.25) is 5.95 Å². The van der Waals surface area contributed by atoms with Gasteiger partial charge in [0.15, 0.2) is 0 Å². The number of likely N-dealkylation sites (tertiary alicyclic amines) is 1. The van der Waals surface area contributed by atoms with E-state index in [1.54, 1.807) is 12.4 Å². The maximum absolute atomic E-state index is 6.04. The number of ether oxygens (including phenoxy) is 1. The second kappa shape index (κ2) is 6.82. The number of anilines is 1. The van der Waals surface area contributed by atoms with E-state index >= 15 is 0 Å². The Bertz CT molecular complexity index is 956. The number of fused-ring (bicyclic) bond motifs is 3. The lowest BCUT2D eigenvalue weighted by atomic mass is 10.0. The molecule has 0 unspecified atom stereocenters. The summed E-state index contributed by atoms with van der Waals surface area (Å²) in [6, 6.07) is 13.5. The van der Waals surface area contributed by atoms with Crippen molar-refractivity contribution >= 4 is 16.7 Å². The van der Waals surface area contributed by atoms with Crippen LogP contribution in [-0.4, -0.2) is 40.6 Å². The Morgan fingerprint density at radius 3 is 2.59 bits per heavy atom. The molecule has 5 rings (SSSR count). The van der Waals surface area contributed by atoms with E-state index in [0.29, 0.717) is 5.95 Å². The molecule has 27 heavy (non-hydrogen) atoms. The van der Waals surface area contributed by atoms with Gasteiger partial charge < -0.3 is 10.5 Å². The van der Waals surface area contributed by atoms with Gasteiger partial charge in [-0.1, -0.05) is 18.2 Å². The molecule has 2 bridgehead atoms. The molecule has 1 saturated carbocycles. The molecule has 1 aliphatic carbocycles. The number of nitrogens with two attached hydrogens (primary N) is 1. The second-order valence-electron chi connectivity index (χ2n) is 7.73. The lowest BCUT2D eigenvalue weighted by molar-refractivity contribution is 0.172. The Kier molecular flexibility index (Phi) is 4.17. The quantitative estimate of drug-likeness (QED) is 0.751. The normalized spacial score (nSPS) is 21.8. The molecule has 2 N–H and O–H groups in total. The molecule has 5 nitrogen and oxygen atoms in total. The van der Waals surface area contributed by atoms with E-state index in [2.05, 4.69) is 51.3 Å². The van der Waals surface area contributed by atoms with Crippen molar-refractivity contribution in [2.45, 2.75) is 25.3 Å². The van der Waals surface area contributed by atoms with Gasteiger partial charge >= 0.3 is 0 Å². The smallest absolute Gasteiger partial charge is 0.219 e. The van der Waals surface area contributed by atoms with Crippen LogP contribution < -0.4 is 10.5 Å². The van der Waals surface area contributed by atoms with Crippen LogP contribution in [0, 0.1) is 5.92 Å². The average Bonchev–Trinajstić information content (AvgIpc) is 3.31. The van der Waals surface area contributed by atoms with Crippen molar-refractivity contribution in [1.29, 1.82) is 0 Å². The van der Waals surface area contributed by atoms with Crippen LogP contribution in [0.5, 0.6) is 5.75 Å². The van der Waals surface area contributed by atoms with Gasteiger partial charge in [0.05, 0.1) is 0 Å². The van der Waals surface area contributed by atoms with Gasteiger partial charge in [0, 0.05) is 37.1 Å². The fourth-order valence-electron chi connectivity index (χ4n) is 4.56. The third-order valence-electron chi connectivity index (χ3n) is 5.99. The summed E-state index contributed by atoms with van der Waals surface area (Å²) in [6.45, 7) is 3.06. The molecule has 5 heteroatoms. The van der Waals surface area contributed by atoms with Crippen LogP contribution in [0.2, 0.25) is 0 Å². The van der Waals surface area contributed by atoms with Crippen LogP contribution in [0.15, 0.2) is 48.8 Å². The number of nitrogen functional groups attached to an aromatic ring is 1. The molecule has 1 saturated heterocycles. The highest BCUT2D eigenvalue weighted by atomic mass is 16.5. The summed E-state index contributed by atoms with van der Waals surface area (Å²) >= 11 is 0. The minimum absolute atomic E-state index is 0.295. The van der Waals surface area contributed by atoms with Crippen LogP contribution in [-0.2, 0) is 0 Å². The maximum atomic E-state index is 6.04. The zero-order valence-electron chi connectivity index (χ0n) is 15.3. The molecular weight excluding hydrogens is 336 g/mol. The summed E-state index contributed by atoms with van der Waals surface area (Å²) < 4.78 is 6.04. The Hall–Kier alpha value is -2.66. The highest BCUT2D eigenvalue weighted by molar-refractivity contribution is 5.88. The number of hydrogen-bond acceptors (Lipinski definition) is 5. The first-order chi connectivity index (χ1) is 13.2. The first-order valence-electron chi connectivity index (χ1n) is 9.73. The van der Waals surface area contributed by atoms with Crippen LogP contribution in [0.4, 0.5) is 5.95 Å². The third-order valence-corrected chi connectivity index (χ3v) is 5.99. The van der Waals surface area contributed by atoms with Gasteiger partial charge in [0.25, 0.3) is 0 Å². The number of benzene rings is 2. The third kappa shape index (κ3) is 3.35.